The molecule has 0 spiro atoms. The summed E-state index contributed by atoms with van der Waals surface area (Å²) in [7, 11) is 1.51. The number of carbonyl (C=O) groups is 2. The van der Waals surface area contributed by atoms with Crippen LogP contribution in [0.15, 0.2) is 48.7 Å². The summed E-state index contributed by atoms with van der Waals surface area (Å²) in [6.07, 6.45) is 4.28. The van der Waals surface area contributed by atoms with E-state index in [2.05, 4.69) is 10.3 Å². The molecule has 1 aliphatic rings. The van der Waals surface area contributed by atoms with Gasteiger partial charge in [-0.3, -0.25) is 14.7 Å². The zero-order chi connectivity index (χ0) is 17.6. The van der Waals surface area contributed by atoms with Crippen molar-refractivity contribution in [2.75, 3.05) is 30.5 Å². The number of nitrogens with zero attached hydrogens (tertiary/aromatic N) is 2. The first-order chi connectivity index (χ1) is 12.2. The predicted molar refractivity (Wildman–Crippen MR) is 93.6 cm³/mol. The first kappa shape index (κ1) is 16.5. The fourth-order valence-corrected chi connectivity index (χ4v) is 2.41. The van der Waals surface area contributed by atoms with E-state index in [0.29, 0.717) is 36.0 Å². The number of carbonyl (C=O) groups excluding carboxylic acids is 2. The molecule has 1 aromatic heterocycles. The third-order valence-corrected chi connectivity index (χ3v) is 3.59. The van der Waals surface area contributed by atoms with E-state index in [4.69, 9.17) is 9.47 Å². The second-order valence-electron chi connectivity index (χ2n) is 5.23. The highest BCUT2D eigenvalue weighted by Gasteiger charge is 2.26. The molecular formula is C18H17N3O4. The van der Waals surface area contributed by atoms with Crippen molar-refractivity contribution in [2.24, 2.45) is 0 Å². The lowest BCUT2D eigenvalue weighted by Gasteiger charge is -2.17. The summed E-state index contributed by atoms with van der Waals surface area (Å²) in [5.74, 6) is 0.186. The van der Waals surface area contributed by atoms with Crippen LogP contribution in [0.25, 0.3) is 6.08 Å². The van der Waals surface area contributed by atoms with Crippen molar-refractivity contribution in [2.45, 2.75) is 0 Å². The maximum atomic E-state index is 12.0. The number of pyridine rings is 1. The van der Waals surface area contributed by atoms with E-state index in [1.807, 2.05) is 6.07 Å². The smallest absolute Gasteiger partial charge is 0.414 e. The number of rotatable bonds is 5. The molecule has 0 saturated carbocycles. The van der Waals surface area contributed by atoms with Crippen molar-refractivity contribution in [1.29, 1.82) is 0 Å². The van der Waals surface area contributed by atoms with Crippen molar-refractivity contribution < 1.29 is 19.1 Å². The summed E-state index contributed by atoms with van der Waals surface area (Å²) < 4.78 is 10.3. The lowest BCUT2D eigenvalue weighted by Crippen LogP contribution is -2.23. The van der Waals surface area contributed by atoms with Crippen molar-refractivity contribution in [3.63, 3.8) is 0 Å². The molecule has 1 aromatic carbocycles. The number of methoxy groups -OCH3 is 1. The summed E-state index contributed by atoms with van der Waals surface area (Å²) in [5, 5.41) is 2.75. The van der Waals surface area contributed by atoms with Gasteiger partial charge in [-0.1, -0.05) is 6.07 Å². The molecule has 0 atom stereocenters. The predicted octanol–water partition coefficient (Wildman–Crippen LogP) is 2.70. The topological polar surface area (TPSA) is 80.8 Å². The molecule has 3 rings (SSSR count). The van der Waals surface area contributed by atoms with E-state index in [1.165, 1.54) is 18.1 Å². The van der Waals surface area contributed by atoms with E-state index < -0.39 is 6.09 Å². The first-order valence-electron chi connectivity index (χ1n) is 7.70. The Morgan fingerprint density at radius 2 is 2.24 bits per heavy atom. The summed E-state index contributed by atoms with van der Waals surface area (Å²) in [4.78, 5) is 29.3. The van der Waals surface area contributed by atoms with E-state index in [1.54, 1.807) is 42.6 Å². The van der Waals surface area contributed by atoms with Crippen molar-refractivity contribution >= 4 is 29.5 Å². The highest BCUT2D eigenvalue weighted by Crippen LogP contribution is 2.32. The maximum absolute atomic E-state index is 12.0. The fraction of sp³-hybridized carbons (Fsp3) is 0.167. The molecule has 2 amide bonds. The van der Waals surface area contributed by atoms with Gasteiger partial charge < -0.3 is 14.8 Å². The summed E-state index contributed by atoms with van der Waals surface area (Å²) in [6.45, 7) is 0.812. The van der Waals surface area contributed by atoms with Gasteiger partial charge in [-0.05, 0) is 30.3 Å². The number of benzene rings is 1. The van der Waals surface area contributed by atoms with Gasteiger partial charge in [0.05, 0.1) is 25.0 Å². The van der Waals surface area contributed by atoms with Gasteiger partial charge in [0.2, 0.25) is 5.91 Å². The average Bonchev–Trinajstić information content (AvgIpc) is 3.06. The van der Waals surface area contributed by atoms with Crippen molar-refractivity contribution in [3.05, 3.63) is 54.4 Å². The minimum atomic E-state index is -0.409. The molecule has 0 radical (unpaired) electrons. The lowest BCUT2D eigenvalue weighted by atomic mass is 10.2. The number of ether oxygens (including phenoxy) is 2. The van der Waals surface area contributed by atoms with E-state index >= 15 is 0 Å². The van der Waals surface area contributed by atoms with Crippen LogP contribution in [0.3, 0.4) is 0 Å². The third-order valence-electron chi connectivity index (χ3n) is 3.59. The van der Waals surface area contributed by atoms with E-state index in [-0.39, 0.29) is 5.91 Å². The number of hydrogen-bond acceptors (Lipinski definition) is 5. The third kappa shape index (κ3) is 3.95. The minimum Gasteiger partial charge on any atom is -0.494 e. The Morgan fingerprint density at radius 1 is 1.36 bits per heavy atom. The summed E-state index contributed by atoms with van der Waals surface area (Å²) in [6, 6.07) is 10.5. The number of cyclic esters (lactones) is 1. The lowest BCUT2D eigenvalue weighted by molar-refractivity contribution is -0.111. The number of aromatic nitrogens is 1. The van der Waals surface area contributed by atoms with Crippen LogP contribution in [0.4, 0.5) is 16.2 Å². The maximum Gasteiger partial charge on any atom is 0.414 e. The molecule has 1 N–H and O–H groups in total. The Kier molecular flexibility index (Phi) is 4.94. The fourth-order valence-electron chi connectivity index (χ4n) is 2.41. The van der Waals surface area contributed by atoms with Crippen LogP contribution in [0.2, 0.25) is 0 Å². The molecule has 1 aliphatic heterocycles. The van der Waals surface area contributed by atoms with Gasteiger partial charge in [0.15, 0.2) is 0 Å². The standard InChI is InChI=1S/C18H17N3O4/c1-24-16-12-14(5-7-15(16)21-10-11-25-18(21)23)20-17(22)8-6-13-4-2-3-9-19-13/h2-9,12H,10-11H2,1H3,(H,20,22). The van der Waals surface area contributed by atoms with Gasteiger partial charge >= 0.3 is 6.09 Å². The Hall–Kier alpha value is -3.35. The van der Waals surface area contributed by atoms with Crippen LogP contribution in [0.5, 0.6) is 5.75 Å². The second-order valence-corrected chi connectivity index (χ2v) is 5.23. The van der Waals surface area contributed by atoms with Crippen LogP contribution >= 0.6 is 0 Å². The zero-order valence-corrected chi connectivity index (χ0v) is 13.6. The summed E-state index contributed by atoms with van der Waals surface area (Å²) in [5.41, 5.74) is 1.86. The quantitative estimate of drug-likeness (QED) is 0.847. The van der Waals surface area contributed by atoms with Crippen LogP contribution in [0, 0.1) is 0 Å². The molecule has 7 nitrogen and oxygen atoms in total. The van der Waals surface area contributed by atoms with Gasteiger partial charge in [0.1, 0.15) is 12.4 Å². The molecule has 1 saturated heterocycles. The molecule has 128 valence electrons. The Bertz CT molecular complexity index is 805. The molecular weight excluding hydrogens is 322 g/mol. The van der Waals surface area contributed by atoms with E-state index in [0.717, 1.165) is 0 Å². The van der Waals surface area contributed by atoms with Crippen LogP contribution in [0.1, 0.15) is 5.69 Å². The minimum absolute atomic E-state index is 0.291. The van der Waals surface area contributed by atoms with E-state index in [9.17, 15) is 9.59 Å². The molecule has 0 aliphatic carbocycles. The zero-order valence-electron chi connectivity index (χ0n) is 13.6. The van der Waals surface area contributed by atoms with Gasteiger partial charge in [-0.25, -0.2) is 4.79 Å². The molecule has 0 unspecified atom stereocenters. The Balaban J connectivity index is 1.71. The molecule has 1 fully saturated rings. The van der Waals surface area contributed by atoms with Gasteiger partial charge in [-0.2, -0.15) is 0 Å². The molecule has 2 heterocycles. The van der Waals surface area contributed by atoms with Crippen LogP contribution < -0.4 is 15.0 Å². The van der Waals surface area contributed by atoms with Gasteiger partial charge in [0, 0.05) is 24.0 Å². The monoisotopic (exact) mass is 339 g/mol. The highest BCUT2D eigenvalue weighted by atomic mass is 16.6. The Morgan fingerprint density at radius 3 is 2.92 bits per heavy atom. The Labute approximate surface area is 144 Å². The van der Waals surface area contributed by atoms with Crippen LogP contribution in [-0.2, 0) is 9.53 Å². The normalized spacial score (nSPS) is 13.8. The highest BCUT2D eigenvalue weighted by molar-refractivity contribution is 6.02. The van der Waals surface area contributed by atoms with Crippen LogP contribution in [-0.4, -0.2) is 37.2 Å². The van der Waals surface area contributed by atoms with Crippen molar-refractivity contribution in [1.82, 2.24) is 4.98 Å². The van der Waals surface area contributed by atoms with Gasteiger partial charge in [-0.15, -0.1) is 0 Å². The van der Waals surface area contributed by atoms with Crippen molar-refractivity contribution in [3.8, 4) is 5.75 Å². The van der Waals surface area contributed by atoms with Gasteiger partial charge in [0.25, 0.3) is 0 Å². The second kappa shape index (κ2) is 7.48. The average molecular weight is 339 g/mol. The summed E-state index contributed by atoms with van der Waals surface area (Å²) >= 11 is 0. The molecule has 2 aromatic rings. The molecule has 25 heavy (non-hydrogen) atoms. The number of nitrogens with one attached hydrogen (secondary N) is 1. The number of anilines is 2. The molecule has 7 heteroatoms. The first-order valence-corrected chi connectivity index (χ1v) is 7.70. The number of hydrogen-bond donors (Lipinski definition) is 1. The largest absolute Gasteiger partial charge is 0.494 e. The number of amides is 2. The molecule has 0 bridgehead atoms. The SMILES string of the molecule is COc1cc(NC(=O)C=Cc2ccccn2)ccc1N1CCOC1=O.